The number of nitro benzene ring substituents is 1. The van der Waals surface area contributed by atoms with Gasteiger partial charge < -0.3 is 0 Å². The van der Waals surface area contributed by atoms with Crippen LogP contribution in [0.4, 0.5) is 5.69 Å². The molecule has 0 aliphatic rings. The lowest BCUT2D eigenvalue weighted by Gasteiger charge is -2.08. The molecule has 0 spiro atoms. The van der Waals surface area contributed by atoms with Crippen molar-refractivity contribution >= 4 is 29.1 Å². The van der Waals surface area contributed by atoms with Gasteiger partial charge in [-0.15, -0.1) is 23.4 Å². The number of nitrogens with zero attached hydrogens (tertiary/aromatic N) is 1. The molecule has 0 heterocycles. The van der Waals surface area contributed by atoms with E-state index in [0.717, 1.165) is 11.3 Å². The van der Waals surface area contributed by atoms with Gasteiger partial charge in [-0.2, -0.15) is 0 Å². The minimum atomic E-state index is -0.392. The fraction of sp³-hybridized carbons (Fsp3) is 0.400. The molecule has 5 heteroatoms. The van der Waals surface area contributed by atoms with Crippen molar-refractivity contribution in [3.8, 4) is 0 Å². The second-order valence-electron chi connectivity index (χ2n) is 3.16. The number of non-ortho nitro benzene ring substituents is 1. The standard InChI is InChI=1S/C10H12ClNO2S/c1-8(6-7-11)15-10-4-2-9(3-5-10)12(13)14/h2-5,8H,6-7H2,1H3. The zero-order chi connectivity index (χ0) is 11.3. The molecule has 0 bridgehead atoms. The lowest BCUT2D eigenvalue weighted by atomic mass is 10.3. The smallest absolute Gasteiger partial charge is 0.258 e. The van der Waals surface area contributed by atoms with Crippen LogP contribution in [-0.2, 0) is 0 Å². The zero-order valence-electron chi connectivity index (χ0n) is 8.35. The van der Waals surface area contributed by atoms with Crippen LogP contribution in [-0.4, -0.2) is 16.1 Å². The highest BCUT2D eigenvalue weighted by atomic mass is 35.5. The predicted octanol–water partition coefficient (Wildman–Crippen LogP) is 3.70. The molecule has 0 aliphatic heterocycles. The molecule has 0 saturated carbocycles. The SMILES string of the molecule is CC(CCCl)Sc1ccc([N+](=O)[O-])cc1. The van der Waals surface area contributed by atoms with Gasteiger partial charge >= 0.3 is 0 Å². The number of thioether (sulfide) groups is 1. The summed E-state index contributed by atoms with van der Waals surface area (Å²) in [6.45, 7) is 2.09. The fourth-order valence-electron chi connectivity index (χ4n) is 1.09. The third-order valence-electron chi connectivity index (χ3n) is 1.90. The highest BCUT2D eigenvalue weighted by Crippen LogP contribution is 2.26. The van der Waals surface area contributed by atoms with E-state index in [1.807, 2.05) is 0 Å². The summed E-state index contributed by atoms with van der Waals surface area (Å²) >= 11 is 7.31. The van der Waals surface area contributed by atoms with Gasteiger partial charge in [0, 0.05) is 28.2 Å². The van der Waals surface area contributed by atoms with Crippen molar-refractivity contribution in [2.24, 2.45) is 0 Å². The van der Waals surface area contributed by atoms with Crippen molar-refractivity contribution in [1.29, 1.82) is 0 Å². The Hall–Kier alpha value is -0.740. The van der Waals surface area contributed by atoms with E-state index in [0.29, 0.717) is 11.1 Å². The van der Waals surface area contributed by atoms with Crippen molar-refractivity contribution in [2.45, 2.75) is 23.5 Å². The van der Waals surface area contributed by atoms with Crippen LogP contribution in [0.2, 0.25) is 0 Å². The van der Waals surface area contributed by atoms with Crippen LogP contribution in [0.1, 0.15) is 13.3 Å². The summed E-state index contributed by atoms with van der Waals surface area (Å²) in [4.78, 5) is 11.1. The Bertz CT molecular complexity index is 329. The first kappa shape index (κ1) is 12.3. The summed E-state index contributed by atoms with van der Waals surface area (Å²) in [5.41, 5.74) is 0.129. The van der Waals surface area contributed by atoms with Crippen LogP contribution in [0.25, 0.3) is 0 Å². The Balaban J connectivity index is 2.60. The number of hydrogen-bond acceptors (Lipinski definition) is 3. The topological polar surface area (TPSA) is 43.1 Å². The first-order valence-corrected chi connectivity index (χ1v) is 6.02. The van der Waals surface area contributed by atoms with Gasteiger partial charge in [0.1, 0.15) is 0 Å². The third-order valence-corrected chi connectivity index (χ3v) is 3.30. The van der Waals surface area contributed by atoms with Crippen LogP contribution < -0.4 is 0 Å². The predicted molar refractivity (Wildman–Crippen MR) is 63.8 cm³/mol. The number of nitro groups is 1. The molecule has 0 N–H and O–H groups in total. The van der Waals surface area contributed by atoms with E-state index in [9.17, 15) is 10.1 Å². The van der Waals surface area contributed by atoms with Gasteiger partial charge in [0.05, 0.1) is 4.92 Å². The van der Waals surface area contributed by atoms with Crippen LogP contribution in [0.3, 0.4) is 0 Å². The Kier molecular flexibility index (Phi) is 4.91. The van der Waals surface area contributed by atoms with Crippen molar-refractivity contribution < 1.29 is 4.92 Å². The maximum Gasteiger partial charge on any atom is 0.269 e. The van der Waals surface area contributed by atoms with Gasteiger partial charge in [0.2, 0.25) is 0 Å². The molecule has 82 valence electrons. The minimum Gasteiger partial charge on any atom is -0.258 e. The zero-order valence-corrected chi connectivity index (χ0v) is 9.92. The molecule has 1 atom stereocenters. The van der Waals surface area contributed by atoms with E-state index >= 15 is 0 Å². The lowest BCUT2D eigenvalue weighted by Crippen LogP contribution is -1.96. The Morgan fingerprint density at radius 3 is 2.53 bits per heavy atom. The molecule has 3 nitrogen and oxygen atoms in total. The second kappa shape index (κ2) is 5.98. The van der Waals surface area contributed by atoms with Crippen LogP contribution in [0, 0.1) is 10.1 Å². The summed E-state index contributed by atoms with van der Waals surface area (Å²) in [7, 11) is 0. The maximum atomic E-state index is 10.4. The Labute approximate surface area is 98.0 Å². The highest BCUT2D eigenvalue weighted by Gasteiger charge is 2.07. The summed E-state index contributed by atoms with van der Waals surface area (Å²) in [5, 5.41) is 10.9. The monoisotopic (exact) mass is 245 g/mol. The molecule has 0 aromatic heterocycles. The van der Waals surface area contributed by atoms with Crippen molar-refractivity contribution in [3.05, 3.63) is 34.4 Å². The van der Waals surface area contributed by atoms with E-state index < -0.39 is 4.92 Å². The molecule has 0 aliphatic carbocycles. The summed E-state index contributed by atoms with van der Waals surface area (Å²) < 4.78 is 0. The maximum absolute atomic E-state index is 10.4. The fourth-order valence-corrected chi connectivity index (χ4v) is 2.54. The molecule has 1 aromatic rings. The highest BCUT2D eigenvalue weighted by molar-refractivity contribution is 7.99. The summed E-state index contributed by atoms with van der Waals surface area (Å²) in [6.07, 6.45) is 0.934. The van der Waals surface area contributed by atoms with E-state index in [1.165, 1.54) is 12.1 Å². The van der Waals surface area contributed by atoms with Gasteiger partial charge in [-0.1, -0.05) is 6.92 Å². The van der Waals surface area contributed by atoms with Gasteiger partial charge in [-0.05, 0) is 18.6 Å². The number of alkyl halides is 1. The average molecular weight is 246 g/mol. The Morgan fingerprint density at radius 1 is 1.47 bits per heavy atom. The van der Waals surface area contributed by atoms with Crippen LogP contribution in [0.5, 0.6) is 0 Å². The Morgan fingerprint density at radius 2 is 2.07 bits per heavy atom. The molecular formula is C10H12ClNO2S. The third kappa shape index (κ3) is 4.10. The summed E-state index contributed by atoms with van der Waals surface area (Å²) in [6, 6.07) is 6.59. The molecule has 0 fully saturated rings. The van der Waals surface area contributed by atoms with Crippen molar-refractivity contribution in [1.82, 2.24) is 0 Å². The number of rotatable bonds is 5. The quantitative estimate of drug-likeness (QED) is 0.344. The molecule has 0 radical (unpaired) electrons. The molecule has 0 amide bonds. The van der Waals surface area contributed by atoms with E-state index in [-0.39, 0.29) is 5.69 Å². The second-order valence-corrected chi connectivity index (χ2v) is 5.05. The molecule has 15 heavy (non-hydrogen) atoms. The normalized spacial score (nSPS) is 12.4. The van der Waals surface area contributed by atoms with E-state index in [1.54, 1.807) is 23.9 Å². The van der Waals surface area contributed by atoms with Crippen molar-refractivity contribution in [2.75, 3.05) is 5.88 Å². The van der Waals surface area contributed by atoms with Crippen molar-refractivity contribution in [3.63, 3.8) is 0 Å². The average Bonchev–Trinajstić information content (AvgIpc) is 2.18. The van der Waals surface area contributed by atoms with E-state index in [2.05, 4.69) is 6.92 Å². The van der Waals surface area contributed by atoms with Gasteiger partial charge in [0.25, 0.3) is 5.69 Å². The number of benzene rings is 1. The molecule has 1 unspecified atom stereocenters. The molecule has 1 rings (SSSR count). The van der Waals surface area contributed by atoms with E-state index in [4.69, 9.17) is 11.6 Å². The minimum absolute atomic E-state index is 0.129. The van der Waals surface area contributed by atoms with Crippen LogP contribution >= 0.6 is 23.4 Å². The first-order chi connectivity index (χ1) is 7.13. The molecule has 0 saturated heterocycles. The lowest BCUT2D eigenvalue weighted by molar-refractivity contribution is -0.384. The largest absolute Gasteiger partial charge is 0.269 e. The van der Waals surface area contributed by atoms with Crippen LogP contribution in [0.15, 0.2) is 29.2 Å². The summed E-state index contributed by atoms with van der Waals surface area (Å²) in [5.74, 6) is 0.640. The molecular weight excluding hydrogens is 234 g/mol. The molecule has 1 aromatic carbocycles. The number of hydrogen-bond donors (Lipinski definition) is 0. The van der Waals surface area contributed by atoms with Gasteiger partial charge in [-0.25, -0.2) is 0 Å². The van der Waals surface area contributed by atoms with Gasteiger partial charge in [0.15, 0.2) is 0 Å². The number of halogens is 1. The first-order valence-electron chi connectivity index (χ1n) is 4.60. The van der Waals surface area contributed by atoms with Gasteiger partial charge in [-0.3, -0.25) is 10.1 Å².